The summed E-state index contributed by atoms with van der Waals surface area (Å²) in [5, 5.41) is 0.305. The molecule has 0 bridgehead atoms. The first-order valence-electron chi connectivity index (χ1n) is 9.89. The van der Waals surface area contributed by atoms with E-state index in [0.29, 0.717) is 5.04 Å². The summed E-state index contributed by atoms with van der Waals surface area (Å²) in [6, 6.07) is 0. The molecular formula is C21H42O3Si. The van der Waals surface area contributed by atoms with Crippen LogP contribution in [0, 0.1) is 0 Å². The molecule has 0 unspecified atom stereocenters. The van der Waals surface area contributed by atoms with Crippen LogP contribution in [0.2, 0.25) is 18.1 Å². The summed E-state index contributed by atoms with van der Waals surface area (Å²) in [4.78, 5) is 11.5. The fourth-order valence-electron chi connectivity index (χ4n) is 2.13. The Morgan fingerprint density at radius 1 is 0.880 bits per heavy atom. The topological polar surface area (TPSA) is 35.5 Å². The number of hydrogen-bond acceptors (Lipinski definition) is 3. The molecule has 3 nitrogen and oxygen atoms in total. The first kappa shape index (κ1) is 24.4. The summed E-state index contributed by atoms with van der Waals surface area (Å²) in [5.74, 6) is -0.241. The molecule has 0 N–H and O–H groups in total. The molecule has 4 heteroatoms. The van der Waals surface area contributed by atoms with Crippen molar-refractivity contribution in [2.45, 2.75) is 110 Å². The van der Waals surface area contributed by atoms with Crippen molar-refractivity contribution in [3.8, 4) is 0 Å². The molecule has 0 radical (unpaired) electrons. The Morgan fingerprint density at radius 3 is 1.92 bits per heavy atom. The number of ether oxygens (including phenoxy) is 1. The van der Waals surface area contributed by atoms with Crippen LogP contribution in [-0.2, 0) is 14.0 Å². The molecule has 0 saturated carbocycles. The molecule has 0 aliphatic rings. The van der Waals surface area contributed by atoms with E-state index in [9.17, 15) is 4.79 Å². The lowest BCUT2D eigenvalue weighted by atomic mass is 10.1. The van der Waals surface area contributed by atoms with Gasteiger partial charge < -0.3 is 9.16 Å². The van der Waals surface area contributed by atoms with Gasteiger partial charge in [-0.1, -0.05) is 52.5 Å². The lowest BCUT2D eigenvalue weighted by Crippen LogP contribution is -2.40. The first-order chi connectivity index (χ1) is 11.4. The predicted molar refractivity (Wildman–Crippen MR) is 110 cm³/mol. The van der Waals surface area contributed by atoms with E-state index < -0.39 is 13.9 Å². The third-order valence-corrected chi connectivity index (χ3v) is 9.23. The number of unbranched alkanes of at least 4 members (excludes halogenated alkanes) is 6. The summed E-state index contributed by atoms with van der Waals surface area (Å²) in [6.45, 7) is 18.1. The fraction of sp³-hybridized carbons (Fsp3) is 0.857. The minimum absolute atomic E-state index is 0.241. The maximum atomic E-state index is 11.5. The van der Waals surface area contributed by atoms with Crippen LogP contribution < -0.4 is 0 Å². The molecule has 0 aliphatic carbocycles. The minimum Gasteiger partial charge on any atom is -0.457 e. The third kappa shape index (κ3) is 13.3. The van der Waals surface area contributed by atoms with E-state index in [1.165, 1.54) is 32.1 Å². The van der Waals surface area contributed by atoms with Gasteiger partial charge in [-0.25, -0.2) is 4.79 Å². The SMILES string of the molecule is CC(C)(C)OC(=O)C=CCCCCCCCCO[Si](C)(C)C(C)(C)C. The smallest absolute Gasteiger partial charge is 0.330 e. The van der Waals surface area contributed by atoms with Gasteiger partial charge in [0, 0.05) is 12.7 Å². The van der Waals surface area contributed by atoms with Crippen LogP contribution in [0.5, 0.6) is 0 Å². The zero-order valence-corrected chi connectivity index (χ0v) is 19.0. The van der Waals surface area contributed by atoms with E-state index in [0.717, 1.165) is 19.4 Å². The first-order valence-corrected chi connectivity index (χ1v) is 12.8. The van der Waals surface area contributed by atoms with Gasteiger partial charge >= 0.3 is 5.97 Å². The molecule has 0 rings (SSSR count). The second-order valence-corrected chi connectivity index (χ2v) is 14.3. The lowest BCUT2D eigenvalue weighted by Gasteiger charge is -2.36. The Morgan fingerprint density at radius 2 is 1.40 bits per heavy atom. The van der Waals surface area contributed by atoms with Crippen molar-refractivity contribution in [2.75, 3.05) is 6.61 Å². The lowest BCUT2D eigenvalue weighted by molar-refractivity contribution is -0.148. The van der Waals surface area contributed by atoms with Crippen molar-refractivity contribution < 1.29 is 14.0 Å². The highest BCUT2D eigenvalue weighted by Gasteiger charge is 2.36. The second kappa shape index (κ2) is 11.2. The Labute approximate surface area is 157 Å². The summed E-state index contributed by atoms with van der Waals surface area (Å²) < 4.78 is 11.4. The maximum Gasteiger partial charge on any atom is 0.330 e. The van der Waals surface area contributed by atoms with Crippen molar-refractivity contribution in [3.63, 3.8) is 0 Å². The summed E-state index contributed by atoms with van der Waals surface area (Å²) in [6.07, 6.45) is 11.8. The third-order valence-electron chi connectivity index (χ3n) is 4.69. The molecule has 0 saturated heterocycles. The largest absolute Gasteiger partial charge is 0.457 e. The van der Waals surface area contributed by atoms with Crippen LogP contribution in [0.4, 0.5) is 0 Å². The molecule has 0 aromatic heterocycles. The van der Waals surface area contributed by atoms with E-state index in [1.54, 1.807) is 6.08 Å². The van der Waals surface area contributed by atoms with Gasteiger partial charge in [0.2, 0.25) is 0 Å². The molecule has 0 spiro atoms. The van der Waals surface area contributed by atoms with Crippen LogP contribution in [0.3, 0.4) is 0 Å². The number of esters is 1. The normalized spacial score (nSPS) is 13.4. The van der Waals surface area contributed by atoms with Gasteiger partial charge in [0.05, 0.1) is 0 Å². The quantitative estimate of drug-likeness (QED) is 0.177. The van der Waals surface area contributed by atoms with Crippen LogP contribution in [0.25, 0.3) is 0 Å². The van der Waals surface area contributed by atoms with Crippen LogP contribution in [0.1, 0.15) is 86.5 Å². The Hall–Kier alpha value is -0.613. The number of rotatable bonds is 11. The second-order valence-electron chi connectivity index (χ2n) is 9.45. The van der Waals surface area contributed by atoms with Crippen molar-refractivity contribution in [3.05, 3.63) is 12.2 Å². The van der Waals surface area contributed by atoms with Gasteiger partial charge in [-0.3, -0.25) is 0 Å². The zero-order chi connectivity index (χ0) is 19.6. The summed E-state index contributed by atoms with van der Waals surface area (Å²) >= 11 is 0. The standard InChI is InChI=1S/C21H42O3Si/c1-20(2,3)24-19(22)17-15-13-11-9-10-12-14-16-18-23-25(7,8)21(4,5)6/h15,17H,9-14,16,18H2,1-8H3. The minimum atomic E-state index is -1.57. The molecule has 0 amide bonds. The monoisotopic (exact) mass is 370 g/mol. The number of carbonyl (C=O) groups excluding carboxylic acids is 1. The Balaban J connectivity index is 3.56. The Bertz CT molecular complexity index is 400. The highest BCUT2D eigenvalue weighted by molar-refractivity contribution is 6.74. The van der Waals surface area contributed by atoms with E-state index in [2.05, 4.69) is 33.9 Å². The van der Waals surface area contributed by atoms with Crippen molar-refractivity contribution >= 4 is 14.3 Å². The van der Waals surface area contributed by atoms with E-state index in [4.69, 9.17) is 9.16 Å². The van der Waals surface area contributed by atoms with Crippen molar-refractivity contribution in [1.29, 1.82) is 0 Å². The van der Waals surface area contributed by atoms with Crippen LogP contribution >= 0.6 is 0 Å². The van der Waals surface area contributed by atoms with Gasteiger partial charge in [-0.05, 0) is 58.2 Å². The molecule has 0 aliphatic heterocycles. The fourth-order valence-corrected chi connectivity index (χ4v) is 3.22. The number of carbonyl (C=O) groups is 1. The van der Waals surface area contributed by atoms with Gasteiger partial charge in [0.25, 0.3) is 0 Å². The molecule has 0 fully saturated rings. The average Bonchev–Trinajstić information content (AvgIpc) is 2.41. The van der Waals surface area contributed by atoms with Crippen LogP contribution in [-0.4, -0.2) is 26.5 Å². The zero-order valence-electron chi connectivity index (χ0n) is 18.0. The molecule has 0 atom stereocenters. The average molecular weight is 371 g/mol. The maximum absolute atomic E-state index is 11.5. The molecule has 25 heavy (non-hydrogen) atoms. The van der Waals surface area contributed by atoms with Crippen molar-refractivity contribution in [1.82, 2.24) is 0 Å². The molecule has 0 heterocycles. The summed E-state index contributed by atoms with van der Waals surface area (Å²) in [7, 11) is -1.57. The van der Waals surface area contributed by atoms with E-state index >= 15 is 0 Å². The van der Waals surface area contributed by atoms with E-state index in [-0.39, 0.29) is 5.97 Å². The molecular weight excluding hydrogens is 328 g/mol. The Kier molecular flexibility index (Phi) is 10.9. The predicted octanol–water partition coefficient (Wildman–Crippen LogP) is 6.64. The van der Waals surface area contributed by atoms with Gasteiger partial charge in [0.1, 0.15) is 5.60 Å². The number of allylic oxidation sites excluding steroid dienone is 1. The molecule has 148 valence electrons. The number of hydrogen-bond donors (Lipinski definition) is 0. The highest BCUT2D eigenvalue weighted by atomic mass is 28.4. The molecule has 0 aromatic carbocycles. The van der Waals surface area contributed by atoms with Crippen molar-refractivity contribution in [2.24, 2.45) is 0 Å². The molecule has 0 aromatic rings. The van der Waals surface area contributed by atoms with Crippen LogP contribution in [0.15, 0.2) is 12.2 Å². The summed E-state index contributed by atoms with van der Waals surface area (Å²) in [5.41, 5.74) is -0.407. The van der Waals surface area contributed by atoms with Gasteiger partial charge in [-0.15, -0.1) is 0 Å². The highest BCUT2D eigenvalue weighted by Crippen LogP contribution is 2.36. The van der Waals surface area contributed by atoms with Gasteiger partial charge in [-0.2, -0.15) is 0 Å². The van der Waals surface area contributed by atoms with E-state index in [1.807, 2.05) is 26.8 Å². The van der Waals surface area contributed by atoms with Gasteiger partial charge in [0.15, 0.2) is 8.32 Å².